The van der Waals surface area contributed by atoms with Gasteiger partial charge < -0.3 is 10.5 Å². The maximum absolute atomic E-state index is 6.00. The number of hydrogen-bond donors (Lipinski definition) is 1. The number of para-hydroxylation sites is 1. The fourth-order valence-corrected chi connectivity index (χ4v) is 2.56. The van der Waals surface area contributed by atoms with E-state index < -0.39 is 0 Å². The molecule has 20 heavy (non-hydrogen) atoms. The first kappa shape index (κ1) is 17.0. The van der Waals surface area contributed by atoms with Crippen LogP contribution in [-0.2, 0) is 0 Å². The lowest BCUT2D eigenvalue weighted by Gasteiger charge is -2.30. The molecule has 1 aromatic carbocycles. The molecule has 0 saturated heterocycles. The summed E-state index contributed by atoms with van der Waals surface area (Å²) >= 11 is 0. The molecular formula is C17H30N2O. The van der Waals surface area contributed by atoms with Gasteiger partial charge in [-0.25, -0.2) is 0 Å². The highest BCUT2D eigenvalue weighted by Gasteiger charge is 2.19. The Kier molecular flexibility index (Phi) is 8.31. The van der Waals surface area contributed by atoms with E-state index in [9.17, 15) is 0 Å². The van der Waals surface area contributed by atoms with Gasteiger partial charge in [-0.15, -0.1) is 0 Å². The second-order valence-corrected chi connectivity index (χ2v) is 5.07. The Morgan fingerprint density at radius 1 is 1.10 bits per heavy atom. The van der Waals surface area contributed by atoms with Crippen LogP contribution in [0, 0.1) is 0 Å². The number of ether oxygens (including phenoxy) is 1. The third-order valence-corrected chi connectivity index (χ3v) is 3.76. The van der Waals surface area contributed by atoms with Crippen molar-refractivity contribution in [3.63, 3.8) is 0 Å². The fourth-order valence-electron chi connectivity index (χ4n) is 2.56. The van der Waals surface area contributed by atoms with Gasteiger partial charge in [-0.05, 0) is 25.6 Å². The van der Waals surface area contributed by atoms with Crippen molar-refractivity contribution in [2.75, 3.05) is 26.2 Å². The average Bonchev–Trinajstić information content (AvgIpc) is 2.50. The van der Waals surface area contributed by atoms with E-state index in [2.05, 4.69) is 43.9 Å². The number of benzene rings is 1. The van der Waals surface area contributed by atoms with Gasteiger partial charge in [0.2, 0.25) is 0 Å². The summed E-state index contributed by atoms with van der Waals surface area (Å²) in [7, 11) is 0. The van der Waals surface area contributed by atoms with E-state index in [0.717, 1.165) is 31.9 Å². The summed E-state index contributed by atoms with van der Waals surface area (Å²) < 4.78 is 5.98. The Morgan fingerprint density at radius 2 is 1.80 bits per heavy atom. The molecule has 0 heterocycles. The van der Waals surface area contributed by atoms with E-state index in [1.807, 2.05) is 6.07 Å². The molecule has 0 spiro atoms. The Labute approximate surface area is 124 Å². The third-order valence-electron chi connectivity index (χ3n) is 3.76. The lowest BCUT2D eigenvalue weighted by molar-refractivity contribution is 0.215. The Balaban J connectivity index is 2.81. The van der Waals surface area contributed by atoms with Gasteiger partial charge in [-0.2, -0.15) is 0 Å². The molecule has 0 radical (unpaired) electrons. The monoisotopic (exact) mass is 278 g/mol. The van der Waals surface area contributed by atoms with E-state index in [1.54, 1.807) is 0 Å². The topological polar surface area (TPSA) is 38.5 Å². The smallest absolute Gasteiger partial charge is 0.124 e. The zero-order valence-corrected chi connectivity index (χ0v) is 13.3. The standard InChI is InChI=1S/C17H30N2O/c1-4-7-10-13-20-17-12-9-8-11-15(17)16(14-18)19(5-2)6-3/h8-9,11-12,16H,4-7,10,13-14,18H2,1-3H3. The van der Waals surface area contributed by atoms with Gasteiger partial charge >= 0.3 is 0 Å². The van der Waals surface area contributed by atoms with Gasteiger partial charge in [0.15, 0.2) is 0 Å². The van der Waals surface area contributed by atoms with Crippen LogP contribution in [0.4, 0.5) is 0 Å². The van der Waals surface area contributed by atoms with E-state index in [4.69, 9.17) is 10.5 Å². The molecule has 0 aromatic heterocycles. The maximum Gasteiger partial charge on any atom is 0.124 e. The van der Waals surface area contributed by atoms with E-state index >= 15 is 0 Å². The van der Waals surface area contributed by atoms with Crippen LogP contribution in [0.25, 0.3) is 0 Å². The van der Waals surface area contributed by atoms with Gasteiger partial charge in [0, 0.05) is 12.1 Å². The molecule has 0 bridgehead atoms. The molecule has 3 nitrogen and oxygen atoms in total. The molecule has 1 atom stereocenters. The minimum Gasteiger partial charge on any atom is -0.493 e. The average molecular weight is 278 g/mol. The highest BCUT2D eigenvalue weighted by Crippen LogP contribution is 2.28. The summed E-state index contributed by atoms with van der Waals surface area (Å²) in [4.78, 5) is 2.38. The lowest BCUT2D eigenvalue weighted by Crippen LogP contribution is -2.33. The van der Waals surface area contributed by atoms with Crippen molar-refractivity contribution in [1.82, 2.24) is 4.90 Å². The zero-order chi connectivity index (χ0) is 14.8. The Hall–Kier alpha value is -1.06. The second kappa shape index (κ2) is 9.78. The number of nitrogens with zero attached hydrogens (tertiary/aromatic N) is 1. The van der Waals surface area contributed by atoms with Crippen LogP contribution in [0.5, 0.6) is 5.75 Å². The van der Waals surface area contributed by atoms with Gasteiger partial charge in [0.25, 0.3) is 0 Å². The van der Waals surface area contributed by atoms with E-state index in [0.29, 0.717) is 6.54 Å². The van der Waals surface area contributed by atoms with E-state index in [1.165, 1.54) is 18.4 Å². The summed E-state index contributed by atoms with van der Waals surface area (Å²) in [6.07, 6.45) is 3.55. The lowest BCUT2D eigenvalue weighted by atomic mass is 10.0. The first-order chi connectivity index (χ1) is 9.78. The zero-order valence-electron chi connectivity index (χ0n) is 13.3. The SMILES string of the molecule is CCCCCOc1ccccc1C(CN)N(CC)CC. The molecule has 1 rings (SSSR count). The maximum atomic E-state index is 6.00. The molecule has 0 aliphatic heterocycles. The molecule has 0 aliphatic carbocycles. The molecule has 1 unspecified atom stereocenters. The van der Waals surface area contributed by atoms with Crippen LogP contribution >= 0.6 is 0 Å². The number of likely N-dealkylation sites (N-methyl/N-ethyl adjacent to an activating group) is 1. The molecule has 0 aliphatic rings. The number of unbranched alkanes of at least 4 members (excludes halogenated alkanes) is 2. The van der Waals surface area contributed by atoms with Crippen LogP contribution in [0.15, 0.2) is 24.3 Å². The molecular weight excluding hydrogens is 248 g/mol. The third kappa shape index (κ3) is 4.80. The minimum atomic E-state index is 0.243. The largest absolute Gasteiger partial charge is 0.493 e. The van der Waals surface area contributed by atoms with Crippen molar-refractivity contribution < 1.29 is 4.74 Å². The quantitative estimate of drug-likeness (QED) is 0.665. The molecule has 1 aromatic rings. The molecule has 2 N–H and O–H groups in total. The predicted molar refractivity (Wildman–Crippen MR) is 86.2 cm³/mol. The van der Waals surface area contributed by atoms with Crippen LogP contribution in [-0.4, -0.2) is 31.1 Å². The number of hydrogen-bond acceptors (Lipinski definition) is 3. The van der Waals surface area contributed by atoms with Crippen molar-refractivity contribution in [3.05, 3.63) is 29.8 Å². The predicted octanol–water partition coefficient (Wildman–Crippen LogP) is 3.60. The Morgan fingerprint density at radius 3 is 2.40 bits per heavy atom. The first-order valence-corrected chi connectivity index (χ1v) is 7.94. The van der Waals surface area contributed by atoms with Crippen molar-refractivity contribution in [2.24, 2.45) is 5.73 Å². The molecule has 0 fully saturated rings. The van der Waals surface area contributed by atoms with Gasteiger partial charge in [0.1, 0.15) is 5.75 Å². The summed E-state index contributed by atoms with van der Waals surface area (Å²) in [5, 5.41) is 0. The molecule has 3 heteroatoms. The second-order valence-electron chi connectivity index (χ2n) is 5.07. The van der Waals surface area contributed by atoms with Crippen LogP contribution in [0.3, 0.4) is 0 Å². The first-order valence-electron chi connectivity index (χ1n) is 7.94. The molecule has 114 valence electrons. The normalized spacial score (nSPS) is 12.7. The number of nitrogens with two attached hydrogens (primary N) is 1. The summed E-state index contributed by atoms with van der Waals surface area (Å²) in [5.74, 6) is 0.992. The number of rotatable bonds is 10. The van der Waals surface area contributed by atoms with Gasteiger partial charge in [0.05, 0.1) is 12.6 Å². The summed E-state index contributed by atoms with van der Waals surface area (Å²) in [6, 6.07) is 8.56. The highest BCUT2D eigenvalue weighted by molar-refractivity contribution is 5.36. The van der Waals surface area contributed by atoms with Crippen molar-refractivity contribution in [3.8, 4) is 5.75 Å². The highest BCUT2D eigenvalue weighted by atomic mass is 16.5. The van der Waals surface area contributed by atoms with Gasteiger partial charge in [-0.1, -0.05) is 51.8 Å². The van der Waals surface area contributed by atoms with Crippen LogP contribution < -0.4 is 10.5 Å². The van der Waals surface area contributed by atoms with Crippen LogP contribution in [0.1, 0.15) is 51.6 Å². The summed E-state index contributed by atoms with van der Waals surface area (Å²) in [5.41, 5.74) is 7.22. The van der Waals surface area contributed by atoms with Crippen molar-refractivity contribution in [2.45, 2.75) is 46.1 Å². The van der Waals surface area contributed by atoms with Crippen LogP contribution in [0.2, 0.25) is 0 Å². The molecule has 0 amide bonds. The van der Waals surface area contributed by atoms with Gasteiger partial charge in [-0.3, -0.25) is 4.90 Å². The fraction of sp³-hybridized carbons (Fsp3) is 0.647. The minimum absolute atomic E-state index is 0.243. The Bertz CT molecular complexity index is 364. The van der Waals surface area contributed by atoms with E-state index in [-0.39, 0.29) is 6.04 Å². The molecule has 0 saturated carbocycles. The summed E-state index contributed by atoms with van der Waals surface area (Å²) in [6.45, 7) is 9.98. The van der Waals surface area contributed by atoms with Crippen molar-refractivity contribution >= 4 is 0 Å². The van der Waals surface area contributed by atoms with Crippen molar-refractivity contribution in [1.29, 1.82) is 0 Å².